The van der Waals surface area contributed by atoms with Crippen LogP contribution in [-0.2, 0) is 28.6 Å². The van der Waals surface area contributed by atoms with Gasteiger partial charge in [0.25, 0.3) is 0 Å². The van der Waals surface area contributed by atoms with Crippen molar-refractivity contribution in [1.29, 1.82) is 0 Å². The van der Waals surface area contributed by atoms with E-state index in [-0.39, 0.29) is 24.0 Å². The van der Waals surface area contributed by atoms with Crippen LogP contribution in [0.2, 0.25) is 0 Å². The summed E-state index contributed by atoms with van der Waals surface area (Å²) in [6, 6.07) is 0. The maximum Gasteiger partial charge on any atom is 0.320 e. The highest BCUT2D eigenvalue weighted by molar-refractivity contribution is 5.72. The highest BCUT2D eigenvalue weighted by Crippen LogP contribution is 2.23. The fourth-order valence-corrected chi connectivity index (χ4v) is 8.73. The maximum atomic E-state index is 12.8. The van der Waals surface area contributed by atoms with E-state index in [1.165, 1.54) is 116 Å². The summed E-state index contributed by atoms with van der Waals surface area (Å²) in [4.78, 5) is 39.8. The Hall–Kier alpha value is -1.63. The van der Waals surface area contributed by atoms with Gasteiger partial charge >= 0.3 is 17.9 Å². The van der Waals surface area contributed by atoms with Crippen molar-refractivity contribution in [1.82, 2.24) is 4.90 Å². The van der Waals surface area contributed by atoms with E-state index in [9.17, 15) is 14.4 Å². The third-order valence-electron chi connectivity index (χ3n) is 12.6. The number of hydrogen-bond donors (Lipinski definition) is 0. The first kappa shape index (κ1) is 54.4. The lowest BCUT2D eigenvalue weighted by Crippen LogP contribution is -2.31. The van der Waals surface area contributed by atoms with E-state index >= 15 is 0 Å². The van der Waals surface area contributed by atoms with Gasteiger partial charge in [0.05, 0.1) is 19.8 Å². The van der Waals surface area contributed by atoms with Gasteiger partial charge in [-0.2, -0.15) is 0 Å². The first-order chi connectivity index (χ1) is 28.4. The summed E-state index contributed by atoms with van der Waals surface area (Å²) in [6.45, 7) is 12.7. The third kappa shape index (κ3) is 34.1. The van der Waals surface area contributed by atoms with Crippen molar-refractivity contribution in [2.24, 2.45) is 11.8 Å². The summed E-state index contributed by atoms with van der Waals surface area (Å²) in [7, 11) is 0. The zero-order chi connectivity index (χ0) is 42.2. The molecule has 1 aliphatic rings. The van der Waals surface area contributed by atoms with Crippen LogP contribution >= 0.6 is 0 Å². The van der Waals surface area contributed by atoms with Crippen LogP contribution in [0.25, 0.3) is 0 Å². The van der Waals surface area contributed by atoms with E-state index in [2.05, 4.69) is 32.6 Å². The van der Waals surface area contributed by atoms with E-state index in [0.717, 1.165) is 116 Å². The van der Waals surface area contributed by atoms with Gasteiger partial charge in [0.2, 0.25) is 0 Å². The molecular weight excluding hydrogens is 723 g/mol. The second-order valence-corrected chi connectivity index (χ2v) is 18.1. The molecule has 7 heteroatoms. The van der Waals surface area contributed by atoms with Crippen molar-refractivity contribution in [3.63, 3.8) is 0 Å². The first-order valence-electron chi connectivity index (χ1n) is 25.6. The molecule has 0 bridgehead atoms. The molecule has 1 heterocycles. The number of likely N-dealkylation sites (tertiary alicyclic amines) is 1. The summed E-state index contributed by atoms with van der Waals surface area (Å²) in [5, 5.41) is 0. The Kier molecular flexibility index (Phi) is 38.2. The predicted octanol–water partition coefficient (Wildman–Crippen LogP) is 14.7. The third-order valence-corrected chi connectivity index (χ3v) is 12.6. The molecule has 1 fully saturated rings. The normalized spacial score (nSPS) is 13.3. The SMILES string of the molecule is CCCCCC(CCCCC)CCOC(=O)CCCCCCCCC(CCCCCCCCC(=O)OCCC(CCCCC)CCCCC)OC(=O)CN1CCCC1. The molecule has 0 N–H and O–H groups in total. The molecule has 1 aliphatic heterocycles. The number of carbonyl (C=O) groups is 3. The second kappa shape index (κ2) is 40.8. The topological polar surface area (TPSA) is 82.1 Å². The van der Waals surface area contributed by atoms with Crippen LogP contribution in [0.3, 0.4) is 0 Å². The molecule has 0 unspecified atom stereocenters. The van der Waals surface area contributed by atoms with E-state index in [0.29, 0.717) is 44.4 Å². The Bertz CT molecular complexity index is 858. The van der Waals surface area contributed by atoms with Crippen molar-refractivity contribution < 1.29 is 28.6 Å². The van der Waals surface area contributed by atoms with Gasteiger partial charge in [0, 0.05) is 12.8 Å². The zero-order valence-corrected chi connectivity index (χ0v) is 39.1. The molecule has 58 heavy (non-hydrogen) atoms. The van der Waals surface area contributed by atoms with Gasteiger partial charge in [-0.15, -0.1) is 0 Å². The Morgan fingerprint density at radius 1 is 0.414 bits per heavy atom. The van der Waals surface area contributed by atoms with Gasteiger partial charge < -0.3 is 14.2 Å². The number of unbranched alkanes of at least 4 members (excludes halogenated alkanes) is 18. The summed E-state index contributed by atoms with van der Waals surface area (Å²) in [5.74, 6) is 1.30. The zero-order valence-electron chi connectivity index (χ0n) is 39.1. The molecule has 1 rings (SSSR count). The minimum atomic E-state index is -0.0577. The van der Waals surface area contributed by atoms with Crippen molar-refractivity contribution >= 4 is 17.9 Å². The van der Waals surface area contributed by atoms with Gasteiger partial charge in [0.1, 0.15) is 6.10 Å². The summed E-state index contributed by atoms with van der Waals surface area (Å²) >= 11 is 0. The second-order valence-electron chi connectivity index (χ2n) is 18.1. The molecule has 0 aliphatic carbocycles. The minimum absolute atomic E-state index is 0.00965. The Labute approximate surface area is 360 Å². The van der Waals surface area contributed by atoms with E-state index < -0.39 is 0 Å². The molecule has 342 valence electrons. The van der Waals surface area contributed by atoms with Crippen LogP contribution in [0.15, 0.2) is 0 Å². The van der Waals surface area contributed by atoms with Crippen LogP contribution in [-0.4, -0.2) is 61.8 Å². The first-order valence-corrected chi connectivity index (χ1v) is 25.6. The number of hydrogen-bond acceptors (Lipinski definition) is 7. The molecule has 0 radical (unpaired) electrons. The summed E-state index contributed by atoms with van der Waals surface area (Å²) in [5.41, 5.74) is 0. The van der Waals surface area contributed by atoms with E-state index in [4.69, 9.17) is 14.2 Å². The minimum Gasteiger partial charge on any atom is -0.466 e. The smallest absolute Gasteiger partial charge is 0.320 e. The molecule has 0 aromatic heterocycles. The highest BCUT2D eigenvalue weighted by Gasteiger charge is 2.20. The van der Waals surface area contributed by atoms with Gasteiger partial charge in [-0.1, -0.05) is 182 Å². The monoisotopic (exact) mass is 820 g/mol. The Morgan fingerprint density at radius 3 is 1.14 bits per heavy atom. The van der Waals surface area contributed by atoms with Gasteiger partial charge in [0.15, 0.2) is 0 Å². The lowest BCUT2D eigenvalue weighted by Gasteiger charge is -2.20. The standard InChI is InChI=1S/C51H97NO6/c1-5-9-21-31-46(32-22-10-6-2)39-43-56-49(53)37-27-19-15-13-17-25-35-48(58-51(55)45-52-41-29-30-42-52)36-26-18-14-16-20-28-38-50(54)57-44-40-47(33-23-11-7-3)34-24-12-8-4/h46-48H,5-45H2,1-4H3. The molecule has 0 spiro atoms. The molecule has 1 saturated heterocycles. The maximum absolute atomic E-state index is 12.8. The van der Waals surface area contributed by atoms with Crippen LogP contribution in [0.4, 0.5) is 0 Å². The van der Waals surface area contributed by atoms with Crippen molar-refractivity contribution in [3.05, 3.63) is 0 Å². The van der Waals surface area contributed by atoms with Gasteiger partial charge in [-0.3, -0.25) is 19.3 Å². The number of carbonyl (C=O) groups excluding carboxylic acids is 3. The van der Waals surface area contributed by atoms with E-state index in [1.54, 1.807) is 0 Å². The molecule has 0 amide bonds. The van der Waals surface area contributed by atoms with E-state index in [1.807, 2.05) is 0 Å². The Morgan fingerprint density at radius 2 is 0.759 bits per heavy atom. The number of rotatable bonds is 43. The number of nitrogens with zero attached hydrogens (tertiary/aromatic N) is 1. The summed E-state index contributed by atoms with van der Waals surface area (Å²) in [6.07, 6.45) is 40.9. The fourth-order valence-electron chi connectivity index (χ4n) is 8.73. The molecule has 0 saturated carbocycles. The number of esters is 3. The molecular formula is C51H97NO6. The molecule has 0 aromatic rings. The highest BCUT2D eigenvalue weighted by atomic mass is 16.5. The van der Waals surface area contributed by atoms with Crippen molar-refractivity contribution in [2.45, 2.75) is 265 Å². The quantitative estimate of drug-likeness (QED) is 0.0344. The number of ether oxygens (including phenoxy) is 3. The average Bonchev–Trinajstić information content (AvgIpc) is 3.72. The van der Waals surface area contributed by atoms with Crippen LogP contribution in [0.5, 0.6) is 0 Å². The lowest BCUT2D eigenvalue weighted by molar-refractivity contribution is -0.151. The average molecular weight is 820 g/mol. The van der Waals surface area contributed by atoms with Gasteiger partial charge in [-0.25, -0.2) is 0 Å². The predicted molar refractivity (Wildman–Crippen MR) is 244 cm³/mol. The molecule has 7 nitrogen and oxygen atoms in total. The summed E-state index contributed by atoms with van der Waals surface area (Å²) < 4.78 is 17.3. The molecule has 0 atom stereocenters. The largest absolute Gasteiger partial charge is 0.466 e. The van der Waals surface area contributed by atoms with Crippen LogP contribution < -0.4 is 0 Å². The van der Waals surface area contributed by atoms with Crippen molar-refractivity contribution in [2.75, 3.05) is 32.8 Å². The van der Waals surface area contributed by atoms with Crippen molar-refractivity contribution in [3.8, 4) is 0 Å². The Balaban J connectivity index is 2.23. The van der Waals surface area contributed by atoms with Gasteiger partial charge in [-0.05, 0) is 89.1 Å². The molecule has 0 aromatic carbocycles. The fraction of sp³-hybridized carbons (Fsp3) is 0.941. The lowest BCUT2D eigenvalue weighted by atomic mass is 9.92. The van der Waals surface area contributed by atoms with Crippen LogP contribution in [0.1, 0.15) is 259 Å². The van der Waals surface area contributed by atoms with Crippen LogP contribution in [0, 0.1) is 11.8 Å².